The molecule has 0 bridgehead atoms. The van der Waals surface area contributed by atoms with E-state index in [9.17, 15) is 0 Å². The van der Waals surface area contributed by atoms with Gasteiger partial charge >= 0.3 is 7.55 Å². The van der Waals surface area contributed by atoms with Crippen molar-refractivity contribution in [2.45, 2.75) is 37.6 Å². The Balaban J connectivity index is 1.20. The molecule has 3 aliphatic heterocycles. The second-order valence-corrected chi connectivity index (χ2v) is 9.61. The monoisotopic (exact) mass is 443 g/mol. The van der Waals surface area contributed by atoms with E-state index in [1.54, 1.807) is 11.8 Å². The maximum atomic E-state index is 4.87. The van der Waals surface area contributed by atoms with Gasteiger partial charge in [0.2, 0.25) is 0 Å². The number of thioether (sulfide) groups is 1. The van der Waals surface area contributed by atoms with Gasteiger partial charge in [-0.25, -0.2) is 0 Å². The van der Waals surface area contributed by atoms with Crippen molar-refractivity contribution in [2.75, 3.05) is 19.6 Å². The molecule has 1 radical (unpaired) electrons. The molecule has 1 saturated heterocycles. The van der Waals surface area contributed by atoms with E-state index in [-0.39, 0.29) is 5.41 Å². The molecule has 1 unspecified atom stereocenters. The highest BCUT2D eigenvalue weighted by molar-refractivity contribution is 8.06. The molecule has 2 N–H and O–H groups in total. The Bertz CT molecular complexity index is 1040. The van der Waals surface area contributed by atoms with Crippen molar-refractivity contribution in [3.05, 3.63) is 76.6 Å². The zero-order valence-electron chi connectivity index (χ0n) is 18.4. The summed E-state index contributed by atoms with van der Waals surface area (Å²) in [5.74, 6) is 0.986. The van der Waals surface area contributed by atoms with E-state index >= 15 is 0 Å². The van der Waals surface area contributed by atoms with Crippen LogP contribution in [0.3, 0.4) is 0 Å². The van der Waals surface area contributed by atoms with Crippen molar-refractivity contribution in [3.8, 4) is 0 Å². The lowest BCUT2D eigenvalue weighted by molar-refractivity contribution is 0.535. The predicted molar refractivity (Wildman–Crippen MR) is 135 cm³/mol. The molecule has 6 nitrogen and oxygen atoms in total. The van der Waals surface area contributed by atoms with Crippen LogP contribution < -0.4 is 10.5 Å². The zero-order chi connectivity index (χ0) is 22.0. The lowest BCUT2D eigenvalue weighted by Crippen LogP contribution is -2.44. The minimum Gasteiger partial charge on any atom is -0.345 e. The molecule has 4 aliphatic rings. The quantitative estimate of drug-likeness (QED) is 0.429. The molecule has 0 spiro atoms. The van der Waals surface area contributed by atoms with Gasteiger partial charge in [-0.05, 0) is 49.9 Å². The molecule has 5 rings (SSSR count). The molecule has 0 aromatic carbocycles. The summed E-state index contributed by atoms with van der Waals surface area (Å²) in [7, 11) is 2.02. The van der Waals surface area contributed by atoms with Crippen LogP contribution in [-0.2, 0) is 5.41 Å². The van der Waals surface area contributed by atoms with Crippen LogP contribution >= 0.6 is 11.8 Å². The van der Waals surface area contributed by atoms with Crippen LogP contribution in [0.5, 0.6) is 0 Å². The first-order chi connectivity index (χ1) is 15.7. The second kappa shape index (κ2) is 9.21. The van der Waals surface area contributed by atoms with Crippen molar-refractivity contribution in [3.63, 3.8) is 0 Å². The van der Waals surface area contributed by atoms with Gasteiger partial charge in [-0.3, -0.25) is 15.0 Å². The van der Waals surface area contributed by atoms with Crippen LogP contribution in [0.4, 0.5) is 0 Å². The number of nitrogens with zero attached hydrogens (tertiary/aromatic N) is 4. The summed E-state index contributed by atoms with van der Waals surface area (Å²) in [6.07, 6.45) is 11.2. The van der Waals surface area contributed by atoms with Crippen molar-refractivity contribution in [2.24, 2.45) is 9.98 Å². The van der Waals surface area contributed by atoms with E-state index < -0.39 is 0 Å². The van der Waals surface area contributed by atoms with Gasteiger partial charge in [-0.1, -0.05) is 30.5 Å². The van der Waals surface area contributed by atoms with Crippen LogP contribution in [0.15, 0.2) is 80.9 Å². The van der Waals surface area contributed by atoms with Crippen molar-refractivity contribution < 1.29 is 0 Å². The van der Waals surface area contributed by atoms with Gasteiger partial charge in [0.25, 0.3) is 0 Å². The molecule has 32 heavy (non-hydrogen) atoms. The van der Waals surface area contributed by atoms with Gasteiger partial charge in [-0.2, -0.15) is 0 Å². The molecule has 0 amide bonds. The lowest BCUT2D eigenvalue weighted by atomic mass is 9.98. The molecule has 4 heterocycles. The van der Waals surface area contributed by atoms with Crippen LogP contribution in [0.2, 0.25) is 0 Å². The predicted octanol–water partition coefficient (Wildman–Crippen LogP) is 3.32. The Morgan fingerprint density at radius 1 is 1.41 bits per heavy atom. The molecule has 163 valence electrons. The first-order valence-corrected chi connectivity index (χ1v) is 12.1. The smallest absolute Gasteiger partial charge is 0.307 e. The average Bonchev–Trinajstić information content (AvgIpc) is 3.45. The van der Waals surface area contributed by atoms with Gasteiger partial charge < -0.3 is 15.4 Å². The first-order valence-electron chi connectivity index (χ1n) is 11.2. The topological polar surface area (TPSA) is 64.9 Å². The minimum atomic E-state index is 0.193. The Kier molecular flexibility index (Phi) is 6.17. The fraction of sp³-hybridized carbons (Fsp3) is 0.375. The largest absolute Gasteiger partial charge is 0.345 e. The van der Waals surface area contributed by atoms with Crippen molar-refractivity contribution >= 4 is 30.9 Å². The van der Waals surface area contributed by atoms with E-state index in [2.05, 4.69) is 55.5 Å². The van der Waals surface area contributed by atoms with Gasteiger partial charge in [-0.15, -0.1) is 0 Å². The Hall–Kier alpha value is -2.42. The van der Waals surface area contributed by atoms with Crippen molar-refractivity contribution in [1.82, 2.24) is 20.3 Å². The van der Waals surface area contributed by atoms with Crippen LogP contribution in [0.25, 0.3) is 0 Å². The number of amidine groups is 1. The number of hydrogen-bond donors (Lipinski definition) is 2. The Morgan fingerprint density at radius 2 is 2.28 bits per heavy atom. The molecule has 2 fully saturated rings. The molecule has 8 heteroatoms. The number of aromatic nitrogens is 1. The summed E-state index contributed by atoms with van der Waals surface area (Å²) < 4.78 is 0. The fourth-order valence-corrected chi connectivity index (χ4v) is 5.03. The third-order valence-corrected chi connectivity index (χ3v) is 7.31. The van der Waals surface area contributed by atoms with Gasteiger partial charge in [0.1, 0.15) is 5.84 Å². The van der Waals surface area contributed by atoms with Gasteiger partial charge in [0.05, 0.1) is 12.3 Å². The number of hydrogen-bond acceptors (Lipinski definition) is 7. The molecule has 1 aliphatic carbocycles. The molecule has 1 aromatic rings. The molecule has 1 aromatic heterocycles. The summed E-state index contributed by atoms with van der Waals surface area (Å²) in [4.78, 5) is 17.2. The highest BCUT2D eigenvalue weighted by Gasteiger charge is 2.45. The highest BCUT2D eigenvalue weighted by Crippen LogP contribution is 2.46. The number of rotatable bonds is 10. The Morgan fingerprint density at radius 3 is 2.97 bits per heavy atom. The van der Waals surface area contributed by atoms with E-state index in [0.717, 1.165) is 36.0 Å². The number of fused-ring (bicyclic) bond motifs is 1. The van der Waals surface area contributed by atoms with Crippen LogP contribution in [0.1, 0.15) is 31.9 Å². The first kappa shape index (κ1) is 21.4. The normalized spacial score (nSPS) is 23.0. The zero-order valence-corrected chi connectivity index (χ0v) is 19.2. The maximum absolute atomic E-state index is 4.87. The lowest BCUT2D eigenvalue weighted by Gasteiger charge is -2.29. The van der Waals surface area contributed by atoms with Crippen LogP contribution in [0, 0.1) is 0 Å². The Labute approximate surface area is 195 Å². The van der Waals surface area contributed by atoms with E-state index in [4.69, 9.17) is 4.99 Å². The molecular weight excluding hydrogens is 415 g/mol. The fourth-order valence-electron chi connectivity index (χ4n) is 4.45. The second-order valence-electron chi connectivity index (χ2n) is 8.60. The summed E-state index contributed by atoms with van der Waals surface area (Å²) in [6.45, 7) is 8.73. The average molecular weight is 443 g/mol. The van der Waals surface area contributed by atoms with Gasteiger partial charge in [0.15, 0.2) is 0 Å². The van der Waals surface area contributed by atoms with Crippen LogP contribution in [-0.4, -0.2) is 54.7 Å². The number of nitrogens with one attached hydrogen (secondary N) is 2. The van der Waals surface area contributed by atoms with Crippen molar-refractivity contribution in [1.29, 1.82) is 0 Å². The summed E-state index contributed by atoms with van der Waals surface area (Å²) in [5, 5.41) is 9.16. The molecule has 1 saturated carbocycles. The maximum Gasteiger partial charge on any atom is 0.307 e. The third-order valence-electron chi connectivity index (χ3n) is 6.43. The summed E-state index contributed by atoms with van der Waals surface area (Å²) in [5.41, 5.74) is 5.01. The van der Waals surface area contributed by atoms with E-state index in [0.29, 0.717) is 12.6 Å². The standard InChI is InChI=1S/C24H28BN6S/c1-3-12-32-17(2)23-28-14-19(20-7-11-26-20)21-13-18(15-31(21)23)30-25-29-16-24(8-9-24)22-6-4-5-10-27-22/h3-7,10-12,18,29-30H,2,8-9,13-16H2,1H3/b12-3-. The van der Waals surface area contributed by atoms with E-state index in [1.165, 1.54) is 29.8 Å². The highest BCUT2D eigenvalue weighted by atomic mass is 32.2. The third kappa shape index (κ3) is 4.27. The van der Waals surface area contributed by atoms with E-state index in [1.807, 2.05) is 39.0 Å². The number of allylic oxidation sites excluding steroid dienone is 2. The van der Waals surface area contributed by atoms with Gasteiger partial charge in [0, 0.05) is 58.7 Å². The summed E-state index contributed by atoms with van der Waals surface area (Å²) in [6, 6.07) is 6.51. The molecule has 1 atom stereocenters. The number of aliphatic imine (C=N–C) groups is 2. The molecular formula is C24H28BN6S. The SMILES string of the molecule is C=C(S/C=C\C)C1=NCC(C2=NC=C2)=C2CC(N[B]NCC3(c4ccccn4)CC3)CN12. The minimum absolute atomic E-state index is 0.193. The summed E-state index contributed by atoms with van der Waals surface area (Å²) >= 11 is 1.63. The number of pyridine rings is 1.